The number of benzene rings is 1. The zero-order valence-corrected chi connectivity index (χ0v) is 15.6. The lowest BCUT2D eigenvalue weighted by molar-refractivity contribution is -0.134. The molecule has 3 amide bonds. The number of amides is 3. The number of hydrogen-bond acceptors (Lipinski definition) is 3. The van der Waals surface area contributed by atoms with Gasteiger partial charge in [-0.15, -0.1) is 0 Å². The zero-order valence-electron chi connectivity index (χ0n) is 15.6. The van der Waals surface area contributed by atoms with E-state index in [-0.39, 0.29) is 29.8 Å². The maximum Gasteiger partial charge on any atom is 0.254 e. The van der Waals surface area contributed by atoms with Gasteiger partial charge in [0.25, 0.3) is 5.91 Å². The minimum Gasteiger partial charge on any atom is -0.352 e. The summed E-state index contributed by atoms with van der Waals surface area (Å²) in [6.45, 7) is 5.44. The number of nitrogens with zero attached hydrogens (tertiary/aromatic N) is 1. The average Bonchev–Trinajstić information content (AvgIpc) is 3.18. The van der Waals surface area contributed by atoms with Crippen LogP contribution in [0.3, 0.4) is 0 Å². The lowest BCUT2D eigenvalue weighted by Crippen LogP contribution is -2.59. The van der Waals surface area contributed by atoms with Crippen LogP contribution in [-0.2, 0) is 9.59 Å². The van der Waals surface area contributed by atoms with Crippen molar-refractivity contribution >= 4 is 17.7 Å². The van der Waals surface area contributed by atoms with Gasteiger partial charge in [0.15, 0.2) is 0 Å². The first-order chi connectivity index (χ1) is 12.3. The molecule has 1 atom stereocenters. The molecule has 2 aliphatic rings. The summed E-state index contributed by atoms with van der Waals surface area (Å²) in [5.41, 5.74) is -0.228. The fourth-order valence-corrected chi connectivity index (χ4v) is 4.15. The standard InChI is InChI=1S/C20H27N3O3/c1-13(2)21-17(24)14(3)22-19(26)20-11-9-16(10-12-20)23(20)18(25)15-7-5-4-6-8-15/h4-8,13-14,16H,9-12H2,1-3H3,(H,21,24)(H,22,26)/t14-,16?,20?/m0/s1. The number of carbonyl (C=O) groups is 3. The highest BCUT2D eigenvalue weighted by atomic mass is 16.2. The van der Waals surface area contributed by atoms with Gasteiger partial charge in [0, 0.05) is 17.6 Å². The molecule has 2 bridgehead atoms. The van der Waals surface area contributed by atoms with Crippen molar-refractivity contribution in [3.63, 3.8) is 0 Å². The van der Waals surface area contributed by atoms with Crippen LogP contribution in [0.4, 0.5) is 0 Å². The first kappa shape index (κ1) is 18.4. The van der Waals surface area contributed by atoms with Gasteiger partial charge < -0.3 is 15.5 Å². The third kappa shape index (κ3) is 3.20. The fourth-order valence-electron chi connectivity index (χ4n) is 4.15. The lowest BCUT2D eigenvalue weighted by Gasteiger charge is -2.34. The van der Waals surface area contributed by atoms with Crippen LogP contribution < -0.4 is 10.6 Å². The average molecular weight is 357 g/mol. The summed E-state index contributed by atoms with van der Waals surface area (Å²) in [7, 11) is 0. The molecule has 0 unspecified atom stereocenters. The van der Waals surface area contributed by atoms with E-state index in [0.717, 1.165) is 12.8 Å². The van der Waals surface area contributed by atoms with Gasteiger partial charge in [-0.2, -0.15) is 0 Å². The summed E-state index contributed by atoms with van der Waals surface area (Å²) in [6, 6.07) is 8.58. The van der Waals surface area contributed by atoms with E-state index in [0.29, 0.717) is 18.4 Å². The summed E-state index contributed by atoms with van der Waals surface area (Å²) in [6.07, 6.45) is 2.97. The van der Waals surface area contributed by atoms with Gasteiger partial charge >= 0.3 is 0 Å². The predicted octanol–water partition coefficient (Wildman–Crippen LogP) is 1.85. The van der Waals surface area contributed by atoms with E-state index in [2.05, 4.69) is 10.6 Å². The molecule has 2 N–H and O–H groups in total. The Hall–Kier alpha value is -2.37. The van der Waals surface area contributed by atoms with Crippen molar-refractivity contribution in [3.05, 3.63) is 35.9 Å². The van der Waals surface area contributed by atoms with E-state index in [1.807, 2.05) is 32.0 Å². The summed E-state index contributed by atoms with van der Waals surface area (Å²) in [4.78, 5) is 40.0. The van der Waals surface area contributed by atoms with Crippen molar-refractivity contribution in [2.45, 2.75) is 70.1 Å². The molecule has 0 radical (unpaired) electrons. The van der Waals surface area contributed by atoms with E-state index < -0.39 is 11.6 Å². The molecule has 2 heterocycles. The fraction of sp³-hybridized carbons (Fsp3) is 0.550. The monoisotopic (exact) mass is 357 g/mol. The van der Waals surface area contributed by atoms with E-state index >= 15 is 0 Å². The largest absolute Gasteiger partial charge is 0.352 e. The Morgan fingerprint density at radius 2 is 1.65 bits per heavy atom. The van der Waals surface area contributed by atoms with Crippen molar-refractivity contribution in [1.29, 1.82) is 0 Å². The first-order valence-corrected chi connectivity index (χ1v) is 9.35. The Kier molecular flexibility index (Phi) is 5.03. The van der Waals surface area contributed by atoms with Crippen LogP contribution in [0.25, 0.3) is 0 Å². The van der Waals surface area contributed by atoms with Crippen LogP contribution >= 0.6 is 0 Å². The third-order valence-electron chi connectivity index (χ3n) is 5.44. The quantitative estimate of drug-likeness (QED) is 0.844. The number of fused-ring (bicyclic) bond motifs is 2. The lowest BCUT2D eigenvalue weighted by atomic mass is 9.86. The second kappa shape index (κ2) is 7.09. The van der Waals surface area contributed by atoms with Crippen molar-refractivity contribution in [1.82, 2.24) is 15.5 Å². The summed E-state index contributed by atoms with van der Waals surface area (Å²) >= 11 is 0. The molecule has 0 saturated carbocycles. The normalized spacial score (nSPS) is 25.2. The number of hydrogen-bond donors (Lipinski definition) is 2. The van der Waals surface area contributed by atoms with Gasteiger partial charge in [-0.05, 0) is 58.6 Å². The highest BCUT2D eigenvalue weighted by molar-refractivity contribution is 6.01. The molecule has 1 aromatic rings. The topological polar surface area (TPSA) is 78.5 Å². The van der Waals surface area contributed by atoms with Crippen molar-refractivity contribution in [2.24, 2.45) is 0 Å². The Morgan fingerprint density at radius 3 is 2.23 bits per heavy atom. The smallest absolute Gasteiger partial charge is 0.254 e. The number of nitrogens with one attached hydrogen (secondary N) is 2. The van der Waals surface area contributed by atoms with E-state index in [1.54, 1.807) is 24.0 Å². The summed E-state index contributed by atoms with van der Waals surface area (Å²) < 4.78 is 0. The molecule has 2 fully saturated rings. The van der Waals surface area contributed by atoms with Crippen LogP contribution in [0, 0.1) is 0 Å². The molecule has 6 heteroatoms. The molecule has 26 heavy (non-hydrogen) atoms. The maximum atomic E-state index is 13.1. The molecular formula is C20H27N3O3. The predicted molar refractivity (Wildman–Crippen MR) is 98.5 cm³/mol. The minimum atomic E-state index is -0.829. The minimum absolute atomic E-state index is 0.0125. The highest BCUT2D eigenvalue weighted by Crippen LogP contribution is 2.47. The molecule has 0 aliphatic carbocycles. The molecule has 2 aliphatic heterocycles. The Bertz CT molecular complexity index is 694. The van der Waals surface area contributed by atoms with Crippen LogP contribution in [0.2, 0.25) is 0 Å². The van der Waals surface area contributed by atoms with Gasteiger partial charge in [0.2, 0.25) is 11.8 Å². The third-order valence-corrected chi connectivity index (χ3v) is 5.44. The van der Waals surface area contributed by atoms with Gasteiger partial charge in [0.1, 0.15) is 11.6 Å². The molecule has 1 aromatic carbocycles. The highest BCUT2D eigenvalue weighted by Gasteiger charge is 2.58. The molecule has 0 aromatic heterocycles. The van der Waals surface area contributed by atoms with E-state index in [9.17, 15) is 14.4 Å². The SMILES string of the molecule is CC(C)NC(=O)[C@H](C)NC(=O)C12CCC(CC1)N2C(=O)c1ccccc1. The Labute approximate surface area is 154 Å². The molecule has 6 nitrogen and oxygen atoms in total. The summed E-state index contributed by atoms with van der Waals surface area (Å²) in [5, 5.41) is 5.64. The van der Waals surface area contributed by atoms with Crippen molar-refractivity contribution in [2.75, 3.05) is 0 Å². The maximum absolute atomic E-state index is 13.1. The van der Waals surface area contributed by atoms with E-state index in [4.69, 9.17) is 0 Å². The van der Waals surface area contributed by atoms with E-state index in [1.165, 1.54) is 0 Å². The zero-order chi connectivity index (χ0) is 18.9. The number of carbonyl (C=O) groups excluding carboxylic acids is 3. The second-order valence-electron chi connectivity index (χ2n) is 7.66. The van der Waals surface area contributed by atoms with Crippen LogP contribution in [0.15, 0.2) is 30.3 Å². The van der Waals surface area contributed by atoms with Crippen LogP contribution in [0.1, 0.15) is 56.8 Å². The molecular weight excluding hydrogens is 330 g/mol. The van der Waals surface area contributed by atoms with Crippen molar-refractivity contribution in [3.8, 4) is 0 Å². The summed E-state index contributed by atoms with van der Waals surface area (Å²) in [5.74, 6) is -0.522. The van der Waals surface area contributed by atoms with Gasteiger partial charge in [0.05, 0.1) is 0 Å². The van der Waals surface area contributed by atoms with Gasteiger partial charge in [-0.3, -0.25) is 14.4 Å². The number of rotatable bonds is 5. The molecule has 140 valence electrons. The Morgan fingerprint density at radius 1 is 1.04 bits per heavy atom. The molecule has 2 saturated heterocycles. The Balaban J connectivity index is 1.77. The van der Waals surface area contributed by atoms with Crippen LogP contribution in [-0.4, -0.2) is 46.3 Å². The van der Waals surface area contributed by atoms with Gasteiger partial charge in [-0.1, -0.05) is 18.2 Å². The van der Waals surface area contributed by atoms with Crippen LogP contribution in [0.5, 0.6) is 0 Å². The van der Waals surface area contributed by atoms with Crippen molar-refractivity contribution < 1.29 is 14.4 Å². The van der Waals surface area contributed by atoms with Gasteiger partial charge in [-0.25, -0.2) is 0 Å². The second-order valence-corrected chi connectivity index (χ2v) is 7.66. The first-order valence-electron chi connectivity index (χ1n) is 9.35. The molecule has 3 rings (SSSR count). The molecule has 0 spiro atoms.